The second kappa shape index (κ2) is 4.95. The molecular formula is C16H13ClF3N. The van der Waals surface area contributed by atoms with Gasteiger partial charge in [0.2, 0.25) is 0 Å². The summed E-state index contributed by atoms with van der Waals surface area (Å²) in [5.41, 5.74) is 2.95. The molecule has 0 fully saturated rings. The van der Waals surface area contributed by atoms with E-state index in [-0.39, 0.29) is 6.04 Å². The first-order valence-electron chi connectivity index (χ1n) is 6.58. The summed E-state index contributed by atoms with van der Waals surface area (Å²) in [6.45, 7) is 1.96. The average molecular weight is 312 g/mol. The van der Waals surface area contributed by atoms with Crippen LogP contribution in [-0.2, 0) is 12.6 Å². The van der Waals surface area contributed by atoms with Crippen molar-refractivity contribution < 1.29 is 13.2 Å². The van der Waals surface area contributed by atoms with Crippen LogP contribution in [0.3, 0.4) is 0 Å². The smallest absolute Gasteiger partial charge is 0.377 e. The predicted molar refractivity (Wildman–Crippen MR) is 77.7 cm³/mol. The summed E-state index contributed by atoms with van der Waals surface area (Å²) in [5.74, 6) is 0. The molecule has 1 heterocycles. The molecule has 1 N–H and O–H groups in total. The molecule has 1 unspecified atom stereocenters. The molecule has 1 aliphatic heterocycles. The number of aryl methyl sites for hydroxylation is 1. The van der Waals surface area contributed by atoms with Crippen molar-refractivity contribution >= 4 is 17.3 Å². The molecule has 1 nitrogen and oxygen atoms in total. The Morgan fingerprint density at radius 3 is 2.62 bits per heavy atom. The van der Waals surface area contributed by atoms with Crippen LogP contribution in [0.5, 0.6) is 0 Å². The second-order valence-corrected chi connectivity index (χ2v) is 5.65. The van der Waals surface area contributed by atoms with Crippen LogP contribution in [0.2, 0.25) is 5.02 Å². The van der Waals surface area contributed by atoms with E-state index in [0.717, 1.165) is 22.9 Å². The van der Waals surface area contributed by atoms with Crippen molar-refractivity contribution in [2.24, 2.45) is 0 Å². The van der Waals surface area contributed by atoms with Crippen LogP contribution in [0, 0.1) is 6.92 Å². The number of nitrogens with one attached hydrogen (secondary N) is 1. The lowest BCUT2D eigenvalue weighted by atomic mass is 10.0. The molecule has 0 spiro atoms. The van der Waals surface area contributed by atoms with Crippen LogP contribution in [0.1, 0.15) is 28.3 Å². The predicted octanol–water partition coefficient (Wildman–Crippen LogP) is 5.38. The van der Waals surface area contributed by atoms with Gasteiger partial charge in [-0.25, -0.2) is 0 Å². The van der Waals surface area contributed by atoms with E-state index in [1.807, 2.05) is 19.1 Å². The van der Waals surface area contributed by atoms with E-state index in [0.29, 0.717) is 17.0 Å². The van der Waals surface area contributed by atoms with Crippen LogP contribution < -0.4 is 5.32 Å². The van der Waals surface area contributed by atoms with Crippen LogP contribution in [0.25, 0.3) is 0 Å². The quantitative estimate of drug-likeness (QED) is 0.746. The zero-order valence-electron chi connectivity index (χ0n) is 11.3. The highest BCUT2D eigenvalue weighted by atomic mass is 35.5. The van der Waals surface area contributed by atoms with Crippen LogP contribution in [0.4, 0.5) is 18.9 Å². The molecule has 0 aliphatic carbocycles. The maximum Gasteiger partial charge on any atom is 0.416 e. The zero-order valence-corrected chi connectivity index (χ0v) is 12.0. The van der Waals surface area contributed by atoms with Gasteiger partial charge in [-0.3, -0.25) is 0 Å². The van der Waals surface area contributed by atoms with Gasteiger partial charge in [0.1, 0.15) is 0 Å². The van der Waals surface area contributed by atoms with E-state index in [1.54, 1.807) is 6.07 Å². The van der Waals surface area contributed by atoms with Gasteiger partial charge < -0.3 is 5.32 Å². The summed E-state index contributed by atoms with van der Waals surface area (Å²) in [6, 6.07) is 8.99. The minimum Gasteiger partial charge on any atom is -0.377 e. The highest BCUT2D eigenvalue weighted by molar-refractivity contribution is 6.31. The second-order valence-electron chi connectivity index (χ2n) is 5.24. The van der Waals surface area contributed by atoms with E-state index in [9.17, 15) is 13.2 Å². The van der Waals surface area contributed by atoms with E-state index < -0.39 is 11.7 Å². The lowest BCUT2D eigenvalue weighted by Crippen LogP contribution is -2.10. The molecule has 5 heteroatoms. The molecule has 110 valence electrons. The summed E-state index contributed by atoms with van der Waals surface area (Å²) in [5, 5.41) is 3.94. The van der Waals surface area contributed by atoms with E-state index >= 15 is 0 Å². The van der Waals surface area contributed by atoms with Crippen molar-refractivity contribution in [3.63, 3.8) is 0 Å². The Morgan fingerprint density at radius 2 is 1.95 bits per heavy atom. The third-order valence-electron chi connectivity index (χ3n) is 3.81. The van der Waals surface area contributed by atoms with Crippen molar-refractivity contribution in [2.75, 3.05) is 5.32 Å². The van der Waals surface area contributed by atoms with E-state index in [2.05, 4.69) is 5.32 Å². The first kappa shape index (κ1) is 14.3. The molecule has 0 bridgehead atoms. The minimum absolute atomic E-state index is 0.180. The number of fused-ring (bicyclic) bond motifs is 1. The van der Waals surface area contributed by atoms with Gasteiger partial charge >= 0.3 is 6.18 Å². The fourth-order valence-corrected chi connectivity index (χ4v) is 2.94. The number of hydrogen-bond donors (Lipinski definition) is 1. The van der Waals surface area contributed by atoms with Crippen molar-refractivity contribution in [3.8, 4) is 0 Å². The standard InChI is InChI=1S/C16H13ClF3N/c1-9-5-6-13(17)12-8-14(21-15(9)12)10-3-2-4-11(7-10)16(18,19)20/h2-7,14,21H,8H2,1H3. The molecule has 0 saturated heterocycles. The number of benzene rings is 2. The molecule has 21 heavy (non-hydrogen) atoms. The maximum absolute atomic E-state index is 12.8. The normalized spacial score (nSPS) is 17.5. The molecular weight excluding hydrogens is 299 g/mol. The van der Waals surface area contributed by atoms with E-state index in [4.69, 9.17) is 11.6 Å². The number of halogens is 4. The minimum atomic E-state index is -4.32. The third kappa shape index (κ3) is 2.60. The lowest BCUT2D eigenvalue weighted by molar-refractivity contribution is -0.137. The van der Waals surface area contributed by atoms with Crippen LogP contribution in [0.15, 0.2) is 36.4 Å². The molecule has 0 aromatic heterocycles. The zero-order chi connectivity index (χ0) is 15.2. The summed E-state index contributed by atoms with van der Waals surface area (Å²) in [6.07, 6.45) is -3.73. The molecule has 1 aliphatic rings. The Labute approximate surface area is 125 Å². The van der Waals surface area contributed by atoms with E-state index in [1.165, 1.54) is 12.1 Å². The summed E-state index contributed by atoms with van der Waals surface area (Å²) in [4.78, 5) is 0. The van der Waals surface area contributed by atoms with Gasteiger partial charge in [0, 0.05) is 17.1 Å². The molecule has 2 aromatic rings. The van der Waals surface area contributed by atoms with Crippen LogP contribution >= 0.6 is 11.6 Å². The van der Waals surface area contributed by atoms with Gasteiger partial charge in [-0.05, 0) is 41.8 Å². The van der Waals surface area contributed by atoms with Crippen LogP contribution in [-0.4, -0.2) is 0 Å². The maximum atomic E-state index is 12.8. The van der Waals surface area contributed by atoms with Gasteiger partial charge in [0.15, 0.2) is 0 Å². The molecule has 0 radical (unpaired) electrons. The van der Waals surface area contributed by atoms with Crippen molar-refractivity contribution in [1.29, 1.82) is 0 Å². The van der Waals surface area contributed by atoms with Crippen molar-refractivity contribution in [2.45, 2.75) is 25.6 Å². The molecule has 2 aromatic carbocycles. The SMILES string of the molecule is Cc1ccc(Cl)c2c1NC(c1cccc(C(F)(F)F)c1)C2. The third-order valence-corrected chi connectivity index (χ3v) is 4.16. The van der Waals surface area contributed by atoms with Gasteiger partial charge in [-0.1, -0.05) is 29.8 Å². The number of hydrogen-bond acceptors (Lipinski definition) is 1. The van der Waals surface area contributed by atoms with Gasteiger partial charge in [0.05, 0.1) is 11.6 Å². The molecule has 1 atom stereocenters. The Balaban J connectivity index is 1.95. The van der Waals surface area contributed by atoms with Crippen molar-refractivity contribution in [3.05, 3.63) is 63.7 Å². The largest absolute Gasteiger partial charge is 0.416 e. The molecule has 0 amide bonds. The Bertz CT molecular complexity index is 663. The van der Waals surface area contributed by atoms with Gasteiger partial charge in [-0.15, -0.1) is 0 Å². The lowest BCUT2D eigenvalue weighted by Gasteiger charge is -2.15. The van der Waals surface area contributed by atoms with Gasteiger partial charge in [-0.2, -0.15) is 13.2 Å². The number of rotatable bonds is 1. The fraction of sp³-hybridized carbons (Fsp3) is 0.250. The molecule has 3 rings (SSSR count). The summed E-state index contributed by atoms with van der Waals surface area (Å²) < 4.78 is 38.4. The van der Waals surface area contributed by atoms with Crippen molar-refractivity contribution in [1.82, 2.24) is 0 Å². The first-order chi connectivity index (χ1) is 9.86. The van der Waals surface area contributed by atoms with Gasteiger partial charge in [0.25, 0.3) is 0 Å². The Hall–Kier alpha value is -1.68. The molecule has 0 saturated carbocycles. The number of alkyl halides is 3. The average Bonchev–Trinajstić information content (AvgIpc) is 2.89. The topological polar surface area (TPSA) is 12.0 Å². The highest BCUT2D eigenvalue weighted by Gasteiger charge is 2.32. The highest BCUT2D eigenvalue weighted by Crippen LogP contribution is 2.41. The summed E-state index contributed by atoms with van der Waals surface area (Å²) in [7, 11) is 0. The monoisotopic (exact) mass is 311 g/mol. The Kier molecular flexibility index (Phi) is 3.36. The first-order valence-corrected chi connectivity index (χ1v) is 6.96. The summed E-state index contributed by atoms with van der Waals surface area (Å²) >= 11 is 6.18. The number of anilines is 1. The Morgan fingerprint density at radius 1 is 1.19 bits per heavy atom. The fourth-order valence-electron chi connectivity index (χ4n) is 2.70.